The van der Waals surface area contributed by atoms with Gasteiger partial charge < -0.3 is 9.73 Å². The maximum absolute atomic E-state index is 5.35. The quantitative estimate of drug-likeness (QED) is 0.857. The Hall–Kier alpha value is -1.06. The Morgan fingerprint density at radius 3 is 2.67 bits per heavy atom. The molecular weight excluding hydrogens is 206 g/mol. The number of thiophene rings is 1. The molecule has 15 heavy (non-hydrogen) atoms. The second kappa shape index (κ2) is 4.64. The molecule has 0 aromatic carbocycles. The van der Waals surface area contributed by atoms with E-state index in [1.807, 2.05) is 17.4 Å². The summed E-state index contributed by atoms with van der Waals surface area (Å²) in [6, 6.07) is 6.31. The second-order valence-corrected chi connectivity index (χ2v) is 5.02. The molecule has 2 rings (SSSR count). The van der Waals surface area contributed by atoms with Crippen molar-refractivity contribution in [3.63, 3.8) is 0 Å². The largest absolute Gasteiger partial charge is 0.468 e. The van der Waals surface area contributed by atoms with E-state index in [1.165, 1.54) is 15.3 Å². The summed E-state index contributed by atoms with van der Waals surface area (Å²) in [5, 5.41) is 3.37. The Morgan fingerprint density at radius 1 is 1.20 bits per heavy atom. The van der Waals surface area contributed by atoms with Gasteiger partial charge in [0.05, 0.1) is 12.8 Å². The molecule has 0 radical (unpaired) electrons. The number of rotatable bonds is 4. The first-order valence-electron chi connectivity index (χ1n) is 5.04. The van der Waals surface area contributed by atoms with Crippen molar-refractivity contribution < 1.29 is 4.42 Å². The Balaban J connectivity index is 1.83. The SMILES string of the molecule is Cc1ccc(CNCc2occc2C)s1. The number of aryl methyl sites for hydroxylation is 2. The minimum Gasteiger partial charge on any atom is -0.468 e. The van der Waals surface area contributed by atoms with E-state index in [4.69, 9.17) is 4.42 Å². The van der Waals surface area contributed by atoms with Crippen molar-refractivity contribution in [2.75, 3.05) is 0 Å². The van der Waals surface area contributed by atoms with Crippen molar-refractivity contribution in [3.8, 4) is 0 Å². The molecule has 0 unspecified atom stereocenters. The smallest absolute Gasteiger partial charge is 0.120 e. The summed E-state index contributed by atoms with van der Waals surface area (Å²) >= 11 is 1.84. The molecule has 2 heterocycles. The summed E-state index contributed by atoms with van der Waals surface area (Å²) < 4.78 is 5.35. The Bertz CT molecular complexity index is 430. The van der Waals surface area contributed by atoms with Crippen LogP contribution in [0.15, 0.2) is 28.9 Å². The molecule has 0 amide bonds. The number of hydrogen-bond acceptors (Lipinski definition) is 3. The monoisotopic (exact) mass is 221 g/mol. The molecule has 0 atom stereocenters. The van der Waals surface area contributed by atoms with Crippen molar-refractivity contribution >= 4 is 11.3 Å². The predicted octanol–water partition coefficient (Wildman–Crippen LogP) is 3.25. The van der Waals surface area contributed by atoms with Crippen LogP contribution in [0.3, 0.4) is 0 Å². The van der Waals surface area contributed by atoms with Crippen molar-refractivity contribution in [2.45, 2.75) is 26.9 Å². The van der Waals surface area contributed by atoms with Gasteiger partial charge in [0, 0.05) is 16.3 Å². The molecule has 0 spiro atoms. The normalized spacial score (nSPS) is 10.8. The van der Waals surface area contributed by atoms with Crippen LogP contribution in [0.2, 0.25) is 0 Å². The third-order valence-corrected chi connectivity index (χ3v) is 3.35. The molecule has 1 N–H and O–H groups in total. The summed E-state index contributed by atoms with van der Waals surface area (Å²) in [4.78, 5) is 2.73. The number of nitrogens with one attached hydrogen (secondary N) is 1. The van der Waals surface area contributed by atoms with Gasteiger partial charge >= 0.3 is 0 Å². The number of hydrogen-bond donors (Lipinski definition) is 1. The summed E-state index contributed by atoms with van der Waals surface area (Å²) in [5.41, 5.74) is 1.21. The van der Waals surface area contributed by atoms with E-state index in [-0.39, 0.29) is 0 Å². The van der Waals surface area contributed by atoms with Gasteiger partial charge in [-0.1, -0.05) is 0 Å². The van der Waals surface area contributed by atoms with E-state index < -0.39 is 0 Å². The van der Waals surface area contributed by atoms with Crippen LogP contribution in [0.4, 0.5) is 0 Å². The van der Waals surface area contributed by atoms with E-state index in [1.54, 1.807) is 6.26 Å². The highest BCUT2D eigenvalue weighted by atomic mass is 32.1. The van der Waals surface area contributed by atoms with Crippen LogP contribution in [-0.2, 0) is 13.1 Å². The zero-order valence-electron chi connectivity index (χ0n) is 9.04. The maximum atomic E-state index is 5.35. The van der Waals surface area contributed by atoms with Gasteiger partial charge in [-0.05, 0) is 37.6 Å². The van der Waals surface area contributed by atoms with Crippen LogP contribution in [0.1, 0.15) is 21.1 Å². The maximum Gasteiger partial charge on any atom is 0.120 e. The fraction of sp³-hybridized carbons (Fsp3) is 0.333. The first-order valence-corrected chi connectivity index (χ1v) is 5.86. The van der Waals surface area contributed by atoms with Crippen LogP contribution < -0.4 is 5.32 Å². The Morgan fingerprint density at radius 2 is 2.07 bits per heavy atom. The molecule has 2 nitrogen and oxygen atoms in total. The van der Waals surface area contributed by atoms with E-state index in [2.05, 4.69) is 31.3 Å². The molecule has 80 valence electrons. The van der Waals surface area contributed by atoms with E-state index >= 15 is 0 Å². The fourth-order valence-corrected chi connectivity index (χ4v) is 2.32. The molecular formula is C12H15NOS. The van der Waals surface area contributed by atoms with E-state index in [0.717, 1.165) is 18.8 Å². The Labute approximate surface area is 93.9 Å². The van der Waals surface area contributed by atoms with Crippen LogP contribution in [0.5, 0.6) is 0 Å². The lowest BCUT2D eigenvalue weighted by molar-refractivity contribution is 0.481. The van der Waals surface area contributed by atoms with Gasteiger partial charge in [-0.25, -0.2) is 0 Å². The summed E-state index contributed by atoms with van der Waals surface area (Å²) in [6.45, 7) is 5.91. The van der Waals surface area contributed by atoms with Gasteiger partial charge in [0.1, 0.15) is 5.76 Å². The topological polar surface area (TPSA) is 25.2 Å². The summed E-state index contributed by atoms with van der Waals surface area (Å²) in [7, 11) is 0. The average Bonchev–Trinajstić information content (AvgIpc) is 2.77. The molecule has 0 saturated carbocycles. The van der Waals surface area contributed by atoms with Crippen LogP contribution in [-0.4, -0.2) is 0 Å². The second-order valence-electron chi connectivity index (χ2n) is 3.64. The lowest BCUT2D eigenvalue weighted by Gasteiger charge is -2.01. The third kappa shape index (κ3) is 2.70. The van der Waals surface area contributed by atoms with Crippen molar-refractivity contribution in [1.29, 1.82) is 0 Å². The molecule has 0 aliphatic rings. The first-order chi connectivity index (χ1) is 7.25. The summed E-state index contributed by atoms with van der Waals surface area (Å²) in [5.74, 6) is 1.03. The average molecular weight is 221 g/mol. The summed E-state index contributed by atoms with van der Waals surface area (Å²) in [6.07, 6.45) is 1.74. The minimum atomic E-state index is 0.801. The van der Waals surface area contributed by atoms with Gasteiger partial charge in [0.25, 0.3) is 0 Å². The van der Waals surface area contributed by atoms with Gasteiger partial charge in [-0.2, -0.15) is 0 Å². The highest BCUT2D eigenvalue weighted by Crippen LogP contribution is 2.15. The first kappa shape index (κ1) is 10.5. The van der Waals surface area contributed by atoms with Crippen LogP contribution >= 0.6 is 11.3 Å². The van der Waals surface area contributed by atoms with Gasteiger partial charge in [0.15, 0.2) is 0 Å². The fourth-order valence-electron chi connectivity index (χ4n) is 1.46. The van der Waals surface area contributed by atoms with Gasteiger partial charge in [-0.3, -0.25) is 0 Å². The lowest BCUT2D eigenvalue weighted by Crippen LogP contribution is -2.11. The molecule has 0 aliphatic carbocycles. The molecule has 0 bridgehead atoms. The van der Waals surface area contributed by atoms with Crippen LogP contribution in [0, 0.1) is 13.8 Å². The standard InChI is InChI=1S/C12H15NOS/c1-9-5-6-14-12(9)8-13-7-11-4-3-10(2)15-11/h3-6,13H,7-8H2,1-2H3. The van der Waals surface area contributed by atoms with Crippen molar-refractivity contribution in [3.05, 3.63) is 45.5 Å². The number of furan rings is 1. The van der Waals surface area contributed by atoms with Gasteiger partial charge in [-0.15, -0.1) is 11.3 Å². The zero-order chi connectivity index (χ0) is 10.7. The molecule has 0 fully saturated rings. The zero-order valence-corrected chi connectivity index (χ0v) is 9.86. The van der Waals surface area contributed by atoms with E-state index in [9.17, 15) is 0 Å². The molecule has 0 saturated heterocycles. The predicted molar refractivity (Wildman–Crippen MR) is 63.0 cm³/mol. The molecule has 0 aliphatic heterocycles. The molecule has 2 aromatic rings. The van der Waals surface area contributed by atoms with E-state index in [0.29, 0.717) is 0 Å². The van der Waals surface area contributed by atoms with Gasteiger partial charge in [0.2, 0.25) is 0 Å². The van der Waals surface area contributed by atoms with Crippen LogP contribution in [0.25, 0.3) is 0 Å². The molecule has 3 heteroatoms. The molecule has 2 aromatic heterocycles. The highest BCUT2D eigenvalue weighted by Gasteiger charge is 2.01. The lowest BCUT2D eigenvalue weighted by atomic mass is 10.3. The third-order valence-electron chi connectivity index (χ3n) is 2.35. The van der Waals surface area contributed by atoms with Crippen molar-refractivity contribution in [2.24, 2.45) is 0 Å². The van der Waals surface area contributed by atoms with Crippen molar-refractivity contribution in [1.82, 2.24) is 5.32 Å². The Kier molecular flexibility index (Phi) is 3.23. The minimum absolute atomic E-state index is 0.801. The highest BCUT2D eigenvalue weighted by molar-refractivity contribution is 7.11.